The van der Waals surface area contributed by atoms with Crippen molar-refractivity contribution in [2.24, 2.45) is 0 Å². The highest BCUT2D eigenvalue weighted by molar-refractivity contribution is 5.73. The van der Waals surface area contributed by atoms with Crippen LogP contribution in [0, 0.1) is 0 Å². The lowest BCUT2D eigenvalue weighted by Gasteiger charge is -1.92. The molecule has 0 saturated heterocycles. The fraction of sp³-hybridized carbons (Fsp3) is 0.417. The molecule has 0 fully saturated rings. The predicted molar refractivity (Wildman–Crippen MR) is 59.0 cm³/mol. The first kappa shape index (κ1) is 10.2. The molecule has 1 heterocycles. The summed E-state index contributed by atoms with van der Waals surface area (Å²) in [6.45, 7) is 2.78. The number of aryl methyl sites for hydroxylation is 1. The Kier molecular flexibility index (Phi) is 3.02. The third-order valence-corrected chi connectivity index (χ3v) is 2.42. The Bertz CT molecular complexity index is 448. The number of methoxy groups -OCH3 is 1. The molecule has 2 aromatic rings. The van der Waals surface area contributed by atoms with Gasteiger partial charge in [-0.05, 0) is 24.1 Å². The molecule has 0 radical (unpaired) electrons. The van der Waals surface area contributed by atoms with Gasteiger partial charge in [-0.1, -0.05) is 13.0 Å². The molecule has 0 saturated carbocycles. The minimum Gasteiger partial charge on any atom is -0.441 e. The van der Waals surface area contributed by atoms with E-state index >= 15 is 0 Å². The predicted octanol–water partition coefficient (Wildman–Crippen LogP) is 2.58. The van der Waals surface area contributed by atoms with Crippen LogP contribution in [0.5, 0.6) is 0 Å². The normalized spacial score (nSPS) is 11.1. The van der Waals surface area contributed by atoms with Gasteiger partial charge in [0, 0.05) is 13.5 Å². The fourth-order valence-corrected chi connectivity index (χ4v) is 1.54. The van der Waals surface area contributed by atoms with E-state index in [1.165, 1.54) is 5.56 Å². The summed E-state index contributed by atoms with van der Waals surface area (Å²) in [5.74, 6) is 0.750. The second-order valence-corrected chi connectivity index (χ2v) is 3.51. The molecule has 0 amide bonds. The fourth-order valence-electron chi connectivity index (χ4n) is 1.54. The van der Waals surface area contributed by atoms with Gasteiger partial charge in [-0.25, -0.2) is 4.98 Å². The lowest BCUT2D eigenvalue weighted by molar-refractivity contribution is 0.196. The van der Waals surface area contributed by atoms with Gasteiger partial charge in [-0.15, -0.1) is 0 Å². The van der Waals surface area contributed by atoms with E-state index in [2.05, 4.69) is 24.0 Å². The number of rotatable bonds is 4. The van der Waals surface area contributed by atoms with Crippen molar-refractivity contribution < 1.29 is 9.15 Å². The summed E-state index contributed by atoms with van der Waals surface area (Å²) in [5.41, 5.74) is 3.09. The molecular formula is C12H15NO2. The number of hydrogen-bond donors (Lipinski definition) is 0. The Morgan fingerprint density at radius 2 is 2.27 bits per heavy atom. The average Bonchev–Trinajstić information content (AvgIpc) is 2.67. The standard InChI is InChI=1S/C12H15NO2/c1-3-9-4-5-11-10(8-9)13-12(15-11)6-7-14-2/h4-5,8H,3,6-7H2,1-2H3. The third kappa shape index (κ3) is 2.18. The van der Waals surface area contributed by atoms with Gasteiger partial charge in [0.05, 0.1) is 6.61 Å². The lowest BCUT2D eigenvalue weighted by Crippen LogP contribution is -1.93. The van der Waals surface area contributed by atoms with E-state index in [1.807, 2.05) is 6.07 Å². The highest BCUT2D eigenvalue weighted by atomic mass is 16.5. The van der Waals surface area contributed by atoms with Gasteiger partial charge in [-0.2, -0.15) is 0 Å². The summed E-state index contributed by atoms with van der Waals surface area (Å²) in [6, 6.07) is 6.14. The van der Waals surface area contributed by atoms with Crippen molar-refractivity contribution in [2.45, 2.75) is 19.8 Å². The summed E-state index contributed by atoms with van der Waals surface area (Å²) in [4.78, 5) is 4.41. The van der Waals surface area contributed by atoms with Crippen molar-refractivity contribution in [2.75, 3.05) is 13.7 Å². The molecular weight excluding hydrogens is 190 g/mol. The topological polar surface area (TPSA) is 35.3 Å². The zero-order chi connectivity index (χ0) is 10.7. The Labute approximate surface area is 89.1 Å². The van der Waals surface area contributed by atoms with Crippen LogP contribution in [-0.2, 0) is 17.6 Å². The number of benzene rings is 1. The number of hydrogen-bond acceptors (Lipinski definition) is 3. The van der Waals surface area contributed by atoms with Gasteiger partial charge >= 0.3 is 0 Å². The highest BCUT2D eigenvalue weighted by Gasteiger charge is 2.05. The van der Waals surface area contributed by atoms with Gasteiger partial charge < -0.3 is 9.15 Å². The average molecular weight is 205 g/mol. The molecule has 0 unspecified atom stereocenters. The Hall–Kier alpha value is -1.35. The molecule has 0 atom stereocenters. The molecule has 1 aromatic carbocycles. The SMILES string of the molecule is CCc1ccc2oc(CCOC)nc2c1. The van der Waals surface area contributed by atoms with E-state index in [-0.39, 0.29) is 0 Å². The molecule has 0 aliphatic carbocycles. The summed E-state index contributed by atoms with van der Waals surface area (Å²) >= 11 is 0. The van der Waals surface area contributed by atoms with E-state index in [0.717, 1.165) is 29.8 Å². The van der Waals surface area contributed by atoms with Crippen molar-refractivity contribution >= 4 is 11.1 Å². The van der Waals surface area contributed by atoms with Gasteiger partial charge in [0.15, 0.2) is 11.5 Å². The van der Waals surface area contributed by atoms with Crippen LogP contribution >= 0.6 is 0 Å². The maximum atomic E-state index is 5.58. The van der Waals surface area contributed by atoms with E-state index in [9.17, 15) is 0 Å². The first-order chi connectivity index (χ1) is 7.33. The Morgan fingerprint density at radius 3 is 3.00 bits per heavy atom. The zero-order valence-corrected chi connectivity index (χ0v) is 9.12. The molecule has 80 valence electrons. The largest absolute Gasteiger partial charge is 0.441 e. The minimum absolute atomic E-state index is 0.646. The van der Waals surface area contributed by atoms with Gasteiger partial charge in [0.2, 0.25) is 0 Å². The van der Waals surface area contributed by atoms with E-state index in [0.29, 0.717) is 6.61 Å². The summed E-state index contributed by atoms with van der Waals surface area (Å²) in [6.07, 6.45) is 1.75. The van der Waals surface area contributed by atoms with Crippen LogP contribution in [-0.4, -0.2) is 18.7 Å². The Morgan fingerprint density at radius 1 is 1.40 bits per heavy atom. The molecule has 15 heavy (non-hydrogen) atoms. The zero-order valence-electron chi connectivity index (χ0n) is 9.12. The quantitative estimate of drug-likeness (QED) is 0.769. The van der Waals surface area contributed by atoms with Crippen LogP contribution in [0.4, 0.5) is 0 Å². The smallest absolute Gasteiger partial charge is 0.197 e. The van der Waals surface area contributed by atoms with Crippen LogP contribution in [0.15, 0.2) is 22.6 Å². The van der Waals surface area contributed by atoms with Crippen LogP contribution in [0.25, 0.3) is 11.1 Å². The number of aromatic nitrogens is 1. The van der Waals surface area contributed by atoms with E-state index in [1.54, 1.807) is 7.11 Å². The monoisotopic (exact) mass is 205 g/mol. The summed E-state index contributed by atoms with van der Waals surface area (Å²) < 4.78 is 10.6. The highest BCUT2D eigenvalue weighted by Crippen LogP contribution is 2.17. The Balaban J connectivity index is 2.29. The third-order valence-electron chi connectivity index (χ3n) is 2.42. The molecule has 2 rings (SSSR count). The van der Waals surface area contributed by atoms with Crippen LogP contribution in [0.2, 0.25) is 0 Å². The maximum Gasteiger partial charge on any atom is 0.197 e. The molecule has 3 heteroatoms. The van der Waals surface area contributed by atoms with Crippen LogP contribution in [0.1, 0.15) is 18.4 Å². The number of nitrogens with zero attached hydrogens (tertiary/aromatic N) is 1. The number of ether oxygens (including phenoxy) is 1. The molecule has 0 aliphatic heterocycles. The summed E-state index contributed by atoms with van der Waals surface area (Å²) in [5, 5.41) is 0. The van der Waals surface area contributed by atoms with Crippen molar-refractivity contribution in [3.05, 3.63) is 29.7 Å². The molecule has 1 aromatic heterocycles. The van der Waals surface area contributed by atoms with Crippen LogP contribution < -0.4 is 0 Å². The first-order valence-electron chi connectivity index (χ1n) is 5.20. The summed E-state index contributed by atoms with van der Waals surface area (Å²) in [7, 11) is 1.68. The van der Waals surface area contributed by atoms with Crippen molar-refractivity contribution in [1.29, 1.82) is 0 Å². The van der Waals surface area contributed by atoms with Crippen molar-refractivity contribution in [3.63, 3.8) is 0 Å². The first-order valence-corrected chi connectivity index (χ1v) is 5.20. The van der Waals surface area contributed by atoms with E-state index in [4.69, 9.17) is 9.15 Å². The molecule has 0 bridgehead atoms. The molecule has 0 N–H and O–H groups in total. The van der Waals surface area contributed by atoms with Crippen molar-refractivity contribution in [3.8, 4) is 0 Å². The molecule has 3 nitrogen and oxygen atoms in total. The maximum absolute atomic E-state index is 5.58. The van der Waals surface area contributed by atoms with Crippen molar-refractivity contribution in [1.82, 2.24) is 4.98 Å². The second kappa shape index (κ2) is 4.45. The minimum atomic E-state index is 0.646. The molecule has 0 aliphatic rings. The lowest BCUT2D eigenvalue weighted by atomic mass is 10.1. The number of oxazole rings is 1. The van der Waals surface area contributed by atoms with E-state index < -0.39 is 0 Å². The molecule has 0 spiro atoms. The second-order valence-electron chi connectivity index (χ2n) is 3.51. The van der Waals surface area contributed by atoms with Crippen LogP contribution in [0.3, 0.4) is 0 Å². The van der Waals surface area contributed by atoms with Gasteiger partial charge in [0.25, 0.3) is 0 Å². The van der Waals surface area contributed by atoms with Gasteiger partial charge in [-0.3, -0.25) is 0 Å². The number of fused-ring (bicyclic) bond motifs is 1. The van der Waals surface area contributed by atoms with Gasteiger partial charge in [0.1, 0.15) is 5.52 Å².